The van der Waals surface area contributed by atoms with Gasteiger partial charge in [-0.2, -0.15) is 0 Å². The van der Waals surface area contributed by atoms with Crippen molar-refractivity contribution in [2.75, 3.05) is 23.8 Å². The maximum absolute atomic E-state index is 12.3. The summed E-state index contributed by atoms with van der Waals surface area (Å²) in [6, 6.07) is 16.1. The van der Waals surface area contributed by atoms with Gasteiger partial charge in [-0.15, -0.1) is 0 Å². The Morgan fingerprint density at radius 2 is 2.03 bits per heavy atom. The molecule has 174 valence electrons. The molecule has 4 aromatic rings. The number of aromatic nitrogens is 3. The molecule has 0 bridgehead atoms. The number of amides is 1. The van der Waals surface area contributed by atoms with Crippen molar-refractivity contribution in [3.8, 4) is 0 Å². The highest BCUT2D eigenvalue weighted by Crippen LogP contribution is 2.30. The Morgan fingerprint density at radius 3 is 2.82 bits per heavy atom. The van der Waals surface area contributed by atoms with E-state index in [1.807, 2.05) is 31.3 Å². The number of carbonyl (C=O) groups is 1. The third-order valence-corrected chi connectivity index (χ3v) is 6.79. The smallest absolute Gasteiger partial charge is 0.237 e. The van der Waals surface area contributed by atoms with Crippen LogP contribution in [0.3, 0.4) is 0 Å². The lowest BCUT2D eigenvalue weighted by Gasteiger charge is -2.18. The third-order valence-electron chi connectivity index (χ3n) is 5.91. The van der Waals surface area contributed by atoms with E-state index in [-0.39, 0.29) is 11.9 Å². The van der Waals surface area contributed by atoms with Gasteiger partial charge in [0.2, 0.25) is 5.91 Å². The van der Waals surface area contributed by atoms with Gasteiger partial charge < -0.3 is 20.9 Å². The molecule has 1 aliphatic rings. The molecule has 0 radical (unpaired) electrons. The van der Waals surface area contributed by atoms with Crippen LogP contribution in [0.2, 0.25) is 0 Å². The fourth-order valence-corrected chi connectivity index (χ4v) is 4.77. The molecule has 1 atom stereocenters. The van der Waals surface area contributed by atoms with Gasteiger partial charge >= 0.3 is 0 Å². The Morgan fingerprint density at radius 1 is 1.18 bits per heavy atom. The number of fused-ring (bicyclic) bond motifs is 1. The van der Waals surface area contributed by atoms with Gasteiger partial charge in [0, 0.05) is 25.5 Å². The summed E-state index contributed by atoms with van der Waals surface area (Å²) in [4.78, 5) is 29.0. The van der Waals surface area contributed by atoms with Gasteiger partial charge in [-0.05, 0) is 68.3 Å². The number of carbonyl (C=O) groups excluding carboxylic acids is 1. The van der Waals surface area contributed by atoms with Crippen molar-refractivity contribution in [1.29, 1.82) is 0 Å². The lowest BCUT2D eigenvalue weighted by atomic mass is 10.2. The van der Waals surface area contributed by atoms with Crippen molar-refractivity contribution in [3.63, 3.8) is 0 Å². The molecule has 1 amide bonds. The Balaban J connectivity index is 1.27. The fraction of sp³-hybridized carbons (Fsp3) is 0.280. The van der Waals surface area contributed by atoms with Gasteiger partial charge in [0.1, 0.15) is 22.0 Å². The van der Waals surface area contributed by atoms with Gasteiger partial charge in [0.05, 0.1) is 6.04 Å². The molecular weight excluding hydrogens is 446 g/mol. The molecule has 9 heteroatoms. The standard InChI is InChI=1S/C25H27N7OS/c1-16-5-7-18(8-6-16)32(2)22-10-9-20-24(31-22)34-25(29-20)30-21-14-17(11-13-27-21)15-28-23(33)19-4-3-12-26-19/h5-11,13-14,19,26H,3-4,12,15H2,1-2H3,(H,28,33)(H,27,29,30). The second kappa shape index (κ2) is 9.74. The Kier molecular flexibility index (Phi) is 6.37. The van der Waals surface area contributed by atoms with E-state index < -0.39 is 0 Å². The lowest BCUT2D eigenvalue weighted by Crippen LogP contribution is -2.40. The summed E-state index contributed by atoms with van der Waals surface area (Å²) in [5.74, 6) is 1.59. The molecule has 5 rings (SSSR count). The molecule has 0 spiro atoms. The van der Waals surface area contributed by atoms with Gasteiger partial charge in [-0.25, -0.2) is 15.0 Å². The monoisotopic (exact) mass is 473 g/mol. The molecule has 1 aliphatic heterocycles. The fourth-order valence-electron chi connectivity index (χ4n) is 3.93. The van der Waals surface area contributed by atoms with Crippen LogP contribution in [-0.2, 0) is 11.3 Å². The van der Waals surface area contributed by atoms with Crippen molar-refractivity contribution >= 4 is 50.0 Å². The SMILES string of the molecule is Cc1ccc(N(C)c2ccc3nc(Nc4cc(CNC(=O)C5CCCN5)ccn4)sc3n2)cc1. The molecule has 1 fully saturated rings. The molecule has 3 N–H and O–H groups in total. The van der Waals surface area contributed by atoms with Crippen LogP contribution in [0.25, 0.3) is 10.3 Å². The van der Waals surface area contributed by atoms with Gasteiger partial charge in [-0.3, -0.25) is 4.79 Å². The van der Waals surface area contributed by atoms with Crippen LogP contribution < -0.4 is 20.9 Å². The number of benzene rings is 1. The molecule has 0 aliphatic carbocycles. The summed E-state index contributed by atoms with van der Waals surface area (Å²) in [5, 5.41) is 10.2. The van der Waals surface area contributed by atoms with Crippen LogP contribution in [0.15, 0.2) is 54.7 Å². The molecule has 4 heterocycles. The minimum absolute atomic E-state index is 0.0486. The number of nitrogens with zero attached hydrogens (tertiary/aromatic N) is 4. The summed E-state index contributed by atoms with van der Waals surface area (Å²) >= 11 is 1.48. The zero-order valence-electron chi connectivity index (χ0n) is 19.2. The first-order chi connectivity index (χ1) is 16.5. The van der Waals surface area contributed by atoms with Crippen LogP contribution in [0.4, 0.5) is 22.5 Å². The van der Waals surface area contributed by atoms with E-state index >= 15 is 0 Å². The Hall–Kier alpha value is -3.56. The summed E-state index contributed by atoms with van der Waals surface area (Å²) in [6.45, 7) is 3.45. The van der Waals surface area contributed by atoms with E-state index in [0.717, 1.165) is 51.9 Å². The maximum Gasteiger partial charge on any atom is 0.237 e. The first kappa shape index (κ1) is 22.2. The molecule has 3 aromatic heterocycles. The third kappa shape index (κ3) is 5.00. The molecule has 1 saturated heterocycles. The first-order valence-electron chi connectivity index (χ1n) is 11.4. The number of pyridine rings is 2. The van der Waals surface area contributed by atoms with Gasteiger partial charge in [0.15, 0.2) is 5.13 Å². The van der Waals surface area contributed by atoms with E-state index in [9.17, 15) is 4.79 Å². The van der Waals surface area contributed by atoms with E-state index in [4.69, 9.17) is 4.98 Å². The average Bonchev–Trinajstić information content (AvgIpc) is 3.52. The van der Waals surface area contributed by atoms with E-state index in [1.54, 1.807) is 6.20 Å². The summed E-state index contributed by atoms with van der Waals surface area (Å²) < 4.78 is 0. The zero-order chi connectivity index (χ0) is 23.5. The predicted molar refractivity (Wildman–Crippen MR) is 137 cm³/mol. The van der Waals surface area contributed by atoms with Gasteiger partial charge in [-0.1, -0.05) is 29.0 Å². The van der Waals surface area contributed by atoms with Crippen molar-refractivity contribution in [2.45, 2.75) is 32.4 Å². The number of hydrogen-bond donors (Lipinski definition) is 3. The number of hydrogen-bond acceptors (Lipinski definition) is 8. The maximum atomic E-state index is 12.3. The van der Waals surface area contributed by atoms with E-state index in [0.29, 0.717) is 12.4 Å². The van der Waals surface area contributed by atoms with Crippen molar-refractivity contribution in [1.82, 2.24) is 25.6 Å². The lowest BCUT2D eigenvalue weighted by molar-refractivity contribution is -0.122. The number of aryl methyl sites for hydroxylation is 1. The summed E-state index contributed by atoms with van der Waals surface area (Å²) in [6.07, 6.45) is 3.67. The quantitative estimate of drug-likeness (QED) is 0.369. The highest BCUT2D eigenvalue weighted by atomic mass is 32.1. The molecule has 1 unspecified atom stereocenters. The van der Waals surface area contributed by atoms with Crippen LogP contribution >= 0.6 is 11.3 Å². The largest absolute Gasteiger partial charge is 0.351 e. The average molecular weight is 474 g/mol. The number of nitrogens with one attached hydrogen (secondary N) is 3. The van der Waals surface area contributed by atoms with Crippen LogP contribution in [0, 0.1) is 6.92 Å². The number of anilines is 4. The number of thiazole rings is 1. The summed E-state index contributed by atoms with van der Waals surface area (Å²) in [5.41, 5.74) is 4.12. The topological polar surface area (TPSA) is 95.1 Å². The minimum Gasteiger partial charge on any atom is -0.351 e. The van der Waals surface area contributed by atoms with E-state index in [1.165, 1.54) is 16.9 Å². The molecule has 34 heavy (non-hydrogen) atoms. The second-order valence-corrected chi connectivity index (χ2v) is 9.43. The molecule has 1 aromatic carbocycles. The van der Waals surface area contributed by atoms with E-state index in [2.05, 4.69) is 62.0 Å². The predicted octanol–water partition coefficient (Wildman–Crippen LogP) is 4.27. The highest BCUT2D eigenvalue weighted by Gasteiger charge is 2.21. The molecule has 0 saturated carbocycles. The zero-order valence-corrected chi connectivity index (χ0v) is 20.0. The molecule has 8 nitrogen and oxygen atoms in total. The molecular formula is C25H27N7OS. The van der Waals surface area contributed by atoms with Crippen molar-refractivity contribution < 1.29 is 4.79 Å². The highest BCUT2D eigenvalue weighted by molar-refractivity contribution is 7.21. The summed E-state index contributed by atoms with van der Waals surface area (Å²) in [7, 11) is 2.01. The van der Waals surface area contributed by atoms with Crippen LogP contribution in [-0.4, -0.2) is 40.5 Å². The second-order valence-electron chi connectivity index (χ2n) is 8.45. The van der Waals surface area contributed by atoms with Crippen molar-refractivity contribution in [2.24, 2.45) is 0 Å². The normalized spacial score (nSPS) is 15.4. The van der Waals surface area contributed by atoms with Gasteiger partial charge in [0.25, 0.3) is 0 Å². The van der Waals surface area contributed by atoms with Crippen molar-refractivity contribution in [3.05, 3.63) is 65.9 Å². The first-order valence-corrected chi connectivity index (χ1v) is 12.2. The number of rotatable bonds is 7. The van der Waals surface area contributed by atoms with Crippen LogP contribution in [0.5, 0.6) is 0 Å². The Bertz CT molecular complexity index is 1300. The minimum atomic E-state index is -0.0791. The van der Waals surface area contributed by atoms with Crippen LogP contribution in [0.1, 0.15) is 24.0 Å². The Labute approximate surface area is 202 Å².